The standard InChI is InChI=1S/C13H17Br3O/c1-3-13(8-14,9-15)7-10-6-11(17-2)4-5-12(10)16/h4-6H,3,7-9H2,1-2H3. The molecule has 0 fully saturated rings. The first-order valence-corrected chi connectivity index (χ1v) is 8.58. The zero-order valence-corrected chi connectivity index (χ0v) is 14.9. The quantitative estimate of drug-likeness (QED) is 0.567. The smallest absolute Gasteiger partial charge is 0.119 e. The SMILES string of the molecule is CCC(CBr)(CBr)Cc1cc(OC)ccc1Br. The predicted molar refractivity (Wildman–Crippen MR) is 84.7 cm³/mol. The molecule has 96 valence electrons. The molecule has 1 aromatic rings. The predicted octanol–water partition coefficient (Wildman–Crippen LogP) is 5.19. The van der Waals surface area contributed by atoms with Crippen molar-refractivity contribution in [3.05, 3.63) is 28.2 Å². The molecule has 0 saturated heterocycles. The molecule has 0 aliphatic carbocycles. The Morgan fingerprint density at radius 2 is 1.88 bits per heavy atom. The number of halogens is 3. The van der Waals surface area contributed by atoms with Gasteiger partial charge in [0, 0.05) is 15.1 Å². The third-order valence-electron chi connectivity index (χ3n) is 3.14. The Morgan fingerprint density at radius 3 is 2.35 bits per heavy atom. The van der Waals surface area contributed by atoms with Crippen LogP contribution in [0.2, 0.25) is 0 Å². The van der Waals surface area contributed by atoms with E-state index < -0.39 is 0 Å². The second kappa shape index (κ2) is 7.15. The van der Waals surface area contributed by atoms with E-state index in [0.717, 1.165) is 33.7 Å². The van der Waals surface area contributed by atoms with Crippen molar-refractivity contribution in [2.24, 2.45) is 5.41 Å². The fraction of sp³-hybridized carbons (Fsp3) is 0.538. The second-order valence-corrected chi connectivity index (χ2v) is 6.23. The van der Waals surface area contributed by atoms with Gasteiger partial charge in [-0.15, -0.1) is 0 Å². The van der Waals surface area contributed by atoms with Gasteiger partial charge in [-0.25, -0.2) is 0 Å². The third-order valence-corrected chi connectivity index (χ3v) is 6.29. The maximum absolute atomic E-state index is 5.28. The molecule has 0 bridgehead atoms. The minimum absolute atomic E-state index is 0.259. The van der Waals surface area contributed by atoms with Gasteiger partial charge >= 0.3 is 0 Å². The van der Waals surface area contributed by atoms with E-state index >= 15 is 0 Å². The van der Waals surface area contributed by atoms with Crippen molar-refractivity contribution < 1.29 is 4.74 Å². The van der Waals surface area contributed by atoms with Crippen LogP contribution in [-0.4, -0.2) is 17.8 Å². The summed E-state index contributed by atoms with van der Waals surface area (Å²) in [7, 11) is 1.70. The molecule has 0 unspecified atom stereocenters. The number of ether oxygens (including phenoxy) is 1. The maximum Gasteiger partial charge on any atom is 0.119 e. The number of methoxy groups -OCH3 is 1. The van der Waals surface area contributed by atoms with Crippen LogP contribution in [0, 0.1) is 5.41 Å². The van der Waals surface area contributed by atoms with Crippen LogP contribution in [0.4, 0.5) is 0 Å². The first kappa shape index (κ1) is 15.5. The normalized spacial score (nSPS) is 11.6. The Labute approximate surface area is 129 Å². The fourth-order valence-electron chi connectivity index (χ4n) is 1.66. The fourth-order valence-corrected chi connectivity index (χ4v) is 4.17. The summed E-state index contributed by atoms with van der Waals surface area (Å²) in [4.78, 5) is 0. The second-order valence-electron chi connectivity index (χ2n) is 4.25. The summed E-state index contributed by atoms with van der Waals surface area (Å²) in [6, 6.07) is 6.14. The molecule has 0 aliphatic heterocycles. The van der Waals surface area contributed by atoms with Crippen LogP contribution in [0.3, 0.4) is 0 Å². The lowest BCUT2D eigenvalue weighted by Crippen LogP contribution is -2.26. The van der Waals surface area contributed by atoms with Gasteiger partial charge in [-0.2, -0.15) is 0 Å². The molecule has 4 heteroatoms. The molecule has 0 radical (unpaired) electrons. The molecule has 1 aromatic carbocycles. The van der Waals surface area contributed by atoms with Crippen molar-refractivity contribution in [3.8, 4) is 5.75 Å². The zero-order valence-electron chi connectivity index (χ0n) is 10.1. The van der Waals surface area contributed by atoms with Gasteiger partial charge in [-0.1, -0.05) is 54.7 Å². The number of rotatable bonds is 6. The first-order chi connectivity index (χ1) is 8.10. The zero-order chi connectivity index (χ0) is 12.9. The Morgan fingerprint density at radius 1 is 1.24 bits per heavy atom. The lowest BCUT2D eigenvalue weighted by molar-refractivity contribution is 0.371. The molecular formula is C13H17Br3O. The Balaban J connectivity index is 2.99. The topological polar surface area (TPSA) is 9.23 Å². The first-order valence-electron chi connectivity index (χ1n) is 5.55. The molecule has 0 heterocycles. The maximum atomic E-state index is 5.28. The number of hydrogen-bond donors (Lipinski definition) is 0. The molecule has 0 amide bonds. The lowest BCUT2D eigenvalue weighted by Gasteiger charge is -2.29. The van der Waals surface area contributed by atoms with Gasteiger partial charge < -0.3 is 4.74 Å². The highest BCUT2D eigenvalue weighted by atomic mass is 79.9. The van der Waals surface area contributed by atoms with E-state index in [0.29, 0.717) is 0 Å². The molecule has 17 heavy (non-hydrogen) atoms. The van der Waals surface area contributed by atoms with E-state index in [1.807, 2.05) is 6.07 Å². The number of hydrogen-bond acceptors (Lipinski definition) is 1. The van der Waals surface area contributed by atoms with Crippen LogP contribution in [0.15, 0.2) is 22.7 Å². The van der Waals surface area contributed by atoms with E-state index in [9.17, 15) is 0 Å². The highest BCUT2D eigenvalue weighted by Crippen LogP contribution is 2.35. The van der Waals surface area contributed by atoms with E-state index in [1.165, 1.54) is 5.56 Å². The van der Waals surface area contributed by atoms with Crippen molar-refractivity contribution >= 4 is 47.8 Å². The van der Waals surface area contributed by atoms with E-state index in [1.54, 1.807) is 7.11 Å². The van der Waals surface area contributed by atoms with Crippen LogP contribution < -0.4 is 4.74 Å². The molecule has 1 nitrogen and oxygen atoms in total. The molecule has 0 spiro atoms. The molecule has 1 rings (SSSR count). The van der Waals surface area contributed by atoms with Gasteiger partial charge in [-0.3, -0.25) is 0 Å². The minimum Gasteiger partial charge on any atom is -0.497 e. The van der Waals surface area contributed by atoms with Crippen molar-refractivity contribution in [2.45, 2.75) is 19.8 Å². The molecule has 0 aliphatic rings. The molecule has 0 atom stereocenters. The highest BCUT2D eigenvalue weighted by molar-refractivity contribution is 9.10. The molecule has 0 aromatic heterocycles. The summed E-state index contributed by atoms with van der Waals surface area (Å²) in [5.74, 6) is 0.914. The van der Waals surface area contributed by atoms with Crippen molar-refractivity contribution in [1.29, 1.82) is 0 Å². The summed E-state index contributed by atoms with van der Waals surface area (Å²) in [6.45, 7) is 2.23. The third kappa shape index (κ3) is 3.97. The van der Waals surface area contributed by atoms with E-state index in [4.69, 9.17) is 4.74 Å². The Kier molecular flexibility index (Phi) is 6.52. The number of benzene rings is 1. The van der Waals surface area contributed by atoms with Crippen LogP contribution in [0.5, 0.6) is 5.75 Å². The Hall–Kier alpha value is 0.460. The molecular weight excluding hydrogens is 412 g/mol. The van der Waals surface area contributed by atoms with Gasteiger partial charge in [0.15, 0.2) is 0 Å². The average molecular weight is 429 g/mol. The monoisotopic (exact) mass is 426 g/mol. The molecule has 0 N–H and O–H groups in total. The van der Waals surface area contributed by atoms with Gasteiger partial charge in [-0.05, 0) is 42.0 Å². The minimum atomic E-state index is 0.259. The van der Waals surface area contributed by atoms with Gasteiger partial charge in [0.05, 0.1) is 7.11 Å². The summed E-state index contributed by atoms with van der Waals surface area (Å²) < 4.78 is 6.43. The highest BCUT2D eigenvalue weighted by Gasteiger charge is 2.27. The summed E-state index contributed by atoms with van der Waals surface area (Å²) in [6.07, 6.45) is 2.16. The van der Waals surface area contributed by atoms with Crippen LogP contribution in [-0.2, 0) is 6.42 Å². The summed E-state index contributed by atoms with van der Waals surface area (Å²) in [5.41, 5.74) is 1.56. The van der Waals surface area contributed by atoms with E-state index in [2.05, 4.69) is 66.8 Å². The van der Waals surface area contributed by atoms with Gasteiger partial charge in [0.2, 0.25) is 0 Å². The molecule has 0 saturated carbocycles. The van der Waals surface area contributed by atoms with Crippen molar-refractivity contribution in [2.75, 3.05) is 17.8 Å². The largest absolute Gasteiger partial charge is 0.497 e. The van der Waals surface area contributed by atoms with Crippen molar-refractivity contribution in [3.63, 3.8) is 0 Å². The summed E-state index contributed by atoms with van der Waals surface area (Å²) in [5, 5.41) is 1.98. The van der Waals surface area contributed by atoms with Gasteiger partial charge in [0.1, 0.15) is 5.75 Å². The van der Waals surface area contributed by atoms with Crippen LogP contribution in [0.25, 0.3) is 0 Å². The number of alkyl halides is 2. The lowest BCUT2D eigenvalue weighted by atomic mass is 9.83. The van der Waals surface area contributed by atoms with Crippen LogP contribution >= 0.6 is 47.8 Å². The van der Waals surface area contributed by atoms with E-state index in [-0.39, 0.29) is 5.41 Å². The summed E-state index contributed by atoms with van der Waals surface area (Å²) >= 11 is 10.9. The van der Waals surface area contributed by atoms with Crippen LogP contribution in [0.1, 0.15) is 18.9 Å². The Bertz CT molecular complexity index is 353. The van der Waals surface area contributed by atoms with Crippen molar-refractivity contribution in [1.82, 2.24) is 0 Å². The van der Waals surface area contributed by atoms with Gasteiger partial charge in [0.25, 0.3) is 0 Å². The average Bonchev–Trinajstić information content (AvgIpc) is 2.38.